The van der Waals surface area contributed by atoms with E-state index in [-0.39, 0.29) is 12.0 Å². The third kappa shape index (κ3) is 5.53. The van der Waals surface area contributed by atoms with E-state index in [0.29, 0.717) is 12.0 Å². The first kappa shape index (κ1) is 14.5. The van der Waals surface area contributed by atoms with Crippen LogP contribution in [0.5, 0.6) is 0 Å². The molecule has 17 heavy (non-hydrogen) atoms. The Bertz CT molecular complexity index is 220. The monoisotopic (exact) mass is 241 g/mol. The zero-order valence-corrected chi connectivity index (χ0v) is 11.5. The van der Waals surface area contributed by atoms with Crippen LogP contribution in [0.15, 0.2) is 0 Å². The van der Waals surface area contributed by atoms with E-state index in [2.05, 4.69) is 19.2 Å². The number of nitrogens with one attached hydrogen (secondary N) is 1. The van der Waals surface area contributed by atoms with Gasteiger partial charge in [0.15, 0.2) is 0 Å². The van der Waals surface area contributed by atoms with Crippen LogP contribution in [0.25, 0.3) is 0 Å². The van der Waals surface area contributed by atoms with E-state index in [1.807, 2.05) is 0 Å². The van der Waals surface area contributed by atoms with E-state index in [0.717, 1.165) is 6.42 Å². The molecule has 0 saturated heterocycles. The summed E-state index contributed by atoms with van der Waals surface area (Å²) in [7, 11) is 1.48. The topological polar surface area (TPSA) is 38.3 Å². The summed E-state index contributed by atoms with van der Waals surface area (Å²) in [5, 5.41) is 3.32. The van der Waals surface area contributed by atoms with Gasteiger partial charge in [-0.1, -0.05) is 52.4 Å². The van der Waals surface area contributed by atoms with Crippen LogP contribution in [0.2, 0.25) is 0 Å². The molecule has 1 atom stereocenters. The lowest BCUT2D eigenvalue weighted by Gasteiger charge is -2.23. The van der Waals surface area contributed by atoms with Crippen LogP contribution in [-0.2, 0) is 9.53 Å². The molecule has 3 nitrogen and oxygen atoms in total. The van der Waals surface area contributed by atoms with Crippen molar-refractivity contribution < 1.29 is 9.53 Å². The van der Waals surface area contributed by atoms with Crippen molar-refractivity contribution in [2.24, 2.45) is 5.92 Å². The highest BCUT2D eigenvalue weighted by Crippen LogP contribution is 2.26. The minimum atomic E-state index is -0.122. The quantitative estimate of drug-likeness (QED) is 0.594. The Balaban J connectivity index is 2.48. The van der Waals surface area contributed by atoms with Gasteiger partial charge < -0.3 is 10.1 Å². The Kier molecular flexibility index (Phi) is 6.56. The van der Waals surface area contributed by atoms with Gasteiger partial charge in [0.25, 0.3) is 0 Å². The summed E-state index contributed by atoms with van der Waals surface area (Å²) in [6.45, 7) is 4.14. The lowest BCUT2D eigenvalue weighted by molar-refractivity contribution is -0.143. The molecule has 0 radical (unpaired) electrons. The van der Waals surface area contributed by atoms with Gasteiger partial charge in [-0.25, -0.2) is 0 Å². The maximum Gasteiger partial charge on any atom is 0.322 e. The standard InChI is InChI=1S/C14H27NO2/c1-11(2)15-13(14(16)17-3)10-12-8-6-4-5-7-9-12/h11-13,15H,4-10H2,1-3H3/t13-/m0/s1. The SMILES string of the molecule is COC(=O)[C@H](CC1CCCCCC1)NC(C)C. The van der Waals surface area contributed by atoms with Gasteiger partial charge in [-0.15, -0.1) is 0 Å². The minimum Gasteiger partial charge on any atom is -0.468 e. The van der Waals surface area contributed by atoms with Crippen LogP contribution in [0.1, 0.15) is 58.8 Å². The molecular formula is C14H27NO2. The molecule has 0 spiro atoms. The normalized spacial score (nSPS) is 20.0. The Morgan fingerprint density at radius 2 is 1.82 bits per heavy atom. The second kappa shape index (κ2) is 7.70. The van der Waals surface area contributed by atoms with Crippen LogP contribution >= 0.6 is 0 Å². The van der Waals surface area contributed by atoms with Crippen molar-refractivity contribution >= 4 is 5.97 Å². The summed E-state index contributed by atoms with van der Waals surface area (Å²) in [6, 6.07) is 0.202. The smallest absolute Gasteiger partial charge is 0.322 e. The van der Waals surface area contributed by atoms with Gasteiger partial charge in [0.2, 0.25) is 0 Å². The summed E-state index contributed by atoms with van der Waals surface area (Å²) in [5.41, 5.74) is 0. The number of carbonyl (C=O) groups excluding carboxylic acids is 1. The average Bonchev–Trinajstić information content (AvgIpc) is 2.55. The Morgan fingerprint density at radius 1 is 1.24 bits per heavy atom. The molecular weight excluding hydrogens is 214 g/mol. The third-order valence-electron chi connectivity index (χ3n) is 3.56. The zero-order valence-electron chi connectivity index (χ0n) is 11.5. The molecule has 1 aliphatic rings. The van der Waals surface area contributed by atoms with Gasteiger partial charge in [0, 0.05) is 6.04 Å². The molecule has 0 bridgehead atoms. The predicted octanol–water partition coefficient (Wildman–Crippen LogP) is 2.89. The van der Waals surface area contributed by atoms with Crippen LogP contribution in [0.4, 0.5) is 0 Å². The molecule has 1 N–H and O–H groups in total. The fourth-order valence-corrected chi connectivity index (χ4v) is 2.71. The van der Waals surface area contributed by atoms with Crippen molar-refractivity contribution in [3.05, 3.63) is 0 Å². The largest absolute Gasteiger partial charge is 0.468 e. The first-order chi connectivity index (χ1) is 8.13. The molecule has 0 aromatic carbocycles. The fraction of sp³-hybridized carbons (Fsp3) is 0.929. The number of hydrogen-bond donors (Lipinski definition) is 1. The maximum atomic E-state index is 11.7. The highest BCUT2D eigenvalue weighted by atomic mass is 16.5. The Morgan fingerprint density at radius 3 is 2.29 bits per heavy atom. The van der Waals surface area contributed by atoms with E-state index >= 15 is 0 Å². The predicted molar refractivity (Wildman–Crippen MR) is 69.9 cm³/mol. The van der Waals surface area contributed by atoms with E-state index in [1.165, 1.54) is 45.6 Å². The zero-order chi connectivity index (χ0) is 12.7. The molecule has 0 aromatic heterocycles. The van der Waals surface area contributed by atoms with Gasteiger partial charge in [-0.2, -0.15) is 0 Å². The molecule has 1 saturated carbocycles. The second-order valence-electron chi connectivity index (χ2n) is 5.49. The van der Waals surface area contributed by atoms with Gasteiger partial charge in [-0.3, -0.25) is 4.79 Å². The van der Waals surface area contributed by atoms with Crippen molar-refractivity contribution in [3.8, 4) is 0 Å². The maximum absolute atomic E-state index is 11.7. The van der Waals surface area contributed by atoms with Gasteiger partial charge >= 0.3 is 5.97 Å². The van der Waals surface area contributed by atoms with E-state index in [4.69, 9.17) is 4.74 Å². The van der Waals surface area contributed by atoms with E-state index < -0.39 is 0 Å². The molecule has 100 valence electrons. The van der Waals surface area contributed by atoms with E-state index in [9.17, 15) is 4.79 Å². The summed E-state index contributed by atoms with van der Waals surface area (Å²) < 4.78 is 4.88. The van der Waals surface area contributed by atoms with Crippen molar-refractivity contribution in [2.45, 2.75) is 70.9 Å². The Hall–Kier alpha value is -0.570. The van der Waals surface area contributed by atoms with Crippen molar-refractivity contribution in [1.82, 2.24) is 5.32 Å². The second-order valence-corrected chi connectivity index (χ2v) is 5.49. The number of hydrogen-bond acceptors (Lipinski definition) is 3. The molecule has 1 fully saturated rings. The molecule has 0 heterocycles. The third-order valence-corrected chi connectivity index (χ3v) is 3.56. The first-order valence-electron chi connectivity index (χ1n) is 6.97. The molecule has 0 aromatic rings. The van der Waals surface area contributed by atoms with Crippen LogP contribution in [-0.4, -0.2) is 25.2 Å². The summed E-state index contributed by atoms with van der Waals surface area (Å²) in [5.74, 6) is 0.579. The molecule has 1 aliphatic carbocycles. The number of methoxy groups -OCH3 is 1. The van der Waals surface area contributed by atoms with Gasteiger partial charge in [-0.05, 0) is 12.3 Å². The first-order valence-corrected chi connectivity index (χ1v) is 6.97. The van der Waals surface area contributed by atoms with Gasteiger partial charge in [0.1, 0.15) is 6.04 Å². The van der Waals surface area contributed by atoms with E-state index in [1.54, 1.807) is 0 Å². The van der Waals surface area contributed by atoms with Gasteiger partial charge in [0.05, 0.1) is 7.11 Å². The summed E-state index contributed by atoms with van der Waals surface area (Å²) in [6.07, 6.45) is 8.83. The molecule has 0 aliphatic heterocycles. The number of carbonyl (C=O) groups is 1. The number of rotatable bonds is 5. The molecule has 0 unspecified atom stereocenters. The lowest BCUT2D eigenvalue weighted by Crippen LogP contribution is -2.42. The van der Waals surface area contributed by atoms with Crippen molar-refractivity contribution in [2.75, 3.05) is 7.11 Å². The molecule has 0 amide bonds. The fourth-order valence-electron chi connectivity index (χ4n) is 2.71. The lowest BCUT2D eigenvalue weighted by atomic mass is 9.92. The number of ether oxygens (including phenoxy) is 1. The van der Waals surface area contributed by atoms with Crippen LogP contribution < -0.4 is 5.32 Å². The average molecular weight is 241 g/mol. The molecule has 3 heteroatoms. The highest BCUT2D eigenvalue weighted by molar-refractivity contribution is 5.75. The van der Waals surface area contributed by atoms with Crippen LogP contribution in [0, 0.1) is 5.92 Å². The highest BCUT2D eigenvalue weighted by Gasteiger charge is 2.24. The Labute approximate surface area is 105 Å². The number of esters is 1. The molecule has 1 rings (SSSR count). The minimum absolute atomic E-state index is 0.108. The van der Waals surface area contributed by atoms with Crippen molar-refractivity contribution in [1.29, 1.82) is 0 Å². The van der Waals surface area contributed by atoms with Crippen molar-refractivity contribution in [3.63, 3.8) is 0 Å². The van der Waals surface area contributed by atoms with Crippen LogP contribution in [0.3, 0.4) is 0 Å². The summed E-state index contributed by atoms with van der Waals surface area (Å²) >= 11 is 0. The summed E-state index contributed by atoms with van der Waals surface area (Å²) in [4.78, 5) is 11.7.